The monoisotopic (exact) mass is 462 g/mol. The molecule has 32 heavy (non-hydrogen) atoms. The van der Waals surface area contributed by atoms with Crippen LogP contribution in [0.5, 0.6) is 0 Å². The van der Waals surface area contributed by atoms with Gasteiger partial charge in [0.05, 0.1) is 4.90 Å². The molecule has 0 radical (unpaired) electrons. The lowest BCUT2D eigenvalue weighted by atomic mass is 10.0. The third-order valence-electron chi connectivity index (χ3n) is 7.24. The van der Waals surface area contributed by atoms with Gasteiger partial charge in [-0.25, -0.2) is 8.42 Å². The summed E-state index contributed by atoms with van der Waals surface area (Å²) >= 11 is 0. The molecule has 176 valence electrons. The Hall–Kier alpha value is -1.97. The van der Waals surface area contributed by atoms with E-state index < -0.39 is 9.84 Å². The average molecular weight is 463 g/mol. The van der Waals surface area contributed by atoms with Gasteiger partial charge in [0, 0.05) is 57.5 Å². The topological polar surface area (TPSA) is 90.0 Å². The van der Waals surface area contributed by atoms with Gasteiger partial charge < -0.3 is 10.2 Å². The molecule has 0 bridgehead atoms. The van der Waals surface area contributed by atoms with Crippen LogP contribution < -0.4 is 5.32 Å². The van der Waals surface area contributed by atoms with Crippen molar-refractivity contribution in [2.75, 3.05) is 39.5 Å². The largest absolute Gasteiger partial charge is 0.353 e. The second-order valence-electron chi connectivity index (χ2n) is 9.38. The fourth-order valence-electron chi connectivity index (χ4n) is 5.32. The second kappa shape index (κ2) is 9.49. The van der Waals surface area contributed by atoms with E-state index in [-0.39, 0.29) is 29.9 Å². The predicted octanol–water partition coefficient (Wildman–Crippen LogP) is 0.866. The number of benzene rings is 1. The number of carbonyl (C=O) groups is 2. The highest BCUT2D eigenvalue weighted by molar-refractivity contribution is 7.90. The molecule has 3 atom stereocenters. The van der Waals surface area contributed by atoms with Crippen molar-refractivity contribution in [3.05, 3.63) is 29.8 Å². The summed E-state index contributed by atoms with van der Waals surface area (Å²) in [6.45, 7) is 3.72. The minimum atomic E-state index is -3.22. The number of amides is 2. The van der Waals surface area contributed by atoms with Gasteiger partial charge in [-0.15, -0.1) is 0 Å². The molecule has 0 unspecified atom stereocenters. The second-order valence-corrected chi connectivity index (χ2v) is 11.4. The van der Waals surface area contributed by atoms with Crippen LogP contribution in [-0.2, 0) is 26.0 Å². The van der Waals surface area contributed by atoms with Crippen LogP contribution in [0.2, 0.25) is 0 Å². The van der Waals surface area contributed by atoms with Crippen molar-refractivity contribution in [3.63, 3.8) is 0 Å². The maximum absolute atomic E-state index is 13.0. The molecule has 3 aliphatic heterocycles. The maximum Gasteiger partial charge on any atom is 0.239 e. The number of fused-ring (bicyclic) bond motifs is 1. The van der Waals surface area contributed by atoms with Gasteiger partial charge in [0.15, 0.2) is 9.84 Å². The molecular formula is C23H34N4O4S. The van der Waals surface area contributed by atoms with Gasteiger partial charge in [0.2, 0.25) is 11.8 Å². The van der Waals surface area contributed by atoms with Crippen LogP contribution in [0, 0.1) is 0 Å². The Morgan fingerprint density at radius 1 is 1.12 bits per heavy atom. The van der Waals surface area contributed by atoms with E-state index in [1.165, 1.54) is 6.26 Å². The zero-order chi connectivity index (χ0) is 22.9. The van der Waals surface area contributed by atoms with Gasteiger partial charge in [0.1, 0.15) is 6.04 Å². The van der Waals surface area contributed by atoms with E-state index in [4.69, 9.17) is 0 Å². The molecule has 0 spiro atoms. The lowest BCUT2D eigenvalue weighted by Gasteiger charge is -2.33. The lowest BCUT2D eigenvalue weighted by Crippen LogP contribution is -2.49. The van der Waals surface area contributed by atoms with Crippen molar-refractivity contribution < 1.29 is 18.0 Å². The standard InChI is InChI=1S/C23H34N4O4S/c1-25-18(7-10-21(28)26-12-3-4-13-26)15-24-23(29)22-20(25)11-14-27(22)16-17-5-8-19(9-6-17)32(2,30)31/h5-6,8-9,18,20,22H,3-4,7,10-16H2,1-2H3,(H,24,29)/t18-,20+,22-/m0/s1. The average Bonchev–Trinajstić information content (AvgIpc) is 3.41. The first kappa shape index (κ1) is 23.2. The lowest BCUT2D eigenvalue weighted by molar-refractivity contribution is -0.130. The molecule has 0 aliphatic carbocycles. The zero-order valence-corrected chi connectivity index (χ0v) is 19.8. The Kier molecular flexibility index (Phi) is 6.88. The van der Waals surface area contributed by atoms with Crippen molar-refractivity contribution in [3.8, 4) is 0 Å². The molecule has 8 nitrogen and oxygen atoms in total. The normalized spacial score (nSPS) is 27.2. The number of sulfone groups is 1. The summed E-state index contributed by atoms with van der Waals surface area (Å²) in [5.41, 5.74) is 0.991. The van der Waals surface area contributed by atoms with Crippen LogP contribution in [0.1, 0.15) is 37.7 Å². The molecule has 4 rings (SSSR count). The zero-order valence-electron chi connectivity index (χ0n) is 19.0. The highest BCUT2D eigenvalue weighted by Crippen LogP contribution is 2.29. The Bertz CT molecular complexity index is 943. The van der Waals surface area contributed by atoms with Gasteiger partial charge in [0.25, 0.3) is 0 Å². The van der Waals surface area contributed by atoms with Crippen molar-refractivity contribution >= 4 is 21.7 Å². The highest BCUT2D eigenvalue weighted by Gasteiger charge is 2.45. The first-order valence-corrected chi connectivity index (χ1v) is 13.4. The quantitative estimate of drug-likeness (QED) is 0.675. The van der Waals surface area contributed by atoms with E-state index >= 15 is 0 Å². The van der Waals surface area contributed by atoms with E-state index in [0.29, 0.717) is 24.4 Å². The molecule has 1 aromatic carbocycles. The smallest absolute Gasteiger partial charge is 0.239 e. The summed E-state index contributed by atoms with van der Waals surface area (Å²) in [6.07, 6.45) is 5.57. The first-order valence-electron chi connectivity index (χ1n) is 11.5. The Balaban J connectivity index is 1.39. The minimum absolute atomic E-state index is 0.0421. The van der Waals surface area contributed by atoms with Crippen LogP contribution in [-0.4, -0.2) is 92.5 Å². The van der Waals surface area contributed by atoms with Crippen LogP contribution >= 0.6 is 0 Å². The Morgan fingerprint density at radius 3 is 2.47 bits per heavy atom. The molecule has 3 heterocycles. The van der Waals surface area contributed by atoms with Gasteiger partial charge in [-0.3, -0.25) is 19.4 Å². The van der Waals surface area contributed by atoms with E-state index in [1.54, 1.807) is 12.1 Å². The molecule has 1 aromatic rings. The number of carbonyl (C=O) groups excluding carboxylic acids is 2. The fraction of sp³-hybridized carbons (Fsp3) is 0.652. The summed E-state index contributed by atoms with van der Waals surface area (Å²) < 4.78 is 23.4. The molecule has 3 aliphatic rings. The molecule has 1 N–H and O–H groups in total. The van der Waals surface area contributed by atoms with Crippen LogP contribution in [0.25, 0.3) is 0 Å². The van der Waals surface area contributed by atoms with E-state index in [9.17, 15) is 18.0 Å². The summed E-state index contributed by atoms with van der Waals surface area (Å²) in [5.74, 6) is 0.272. The highest BCUT2D eigenvalue weighted by atomic mass is 32.2. The molecule has 2 amide bonds. The first-order chi connectivity index (χ1) is 15.2. The summed E-state index contributed by atoms with van der Waals surface area (Å²) in [4.78, 5) is 32.2. The molecular weight excluding hydrogens is 428 g/mol. The van der Waals surface area contributed by atoms with Gasteiger partial charge in [-0.2, -0.15) is 0 Å². The number of likely N-dealkylation sites (N-methyl/N-ethyl adjacent to an activating group) is 1. The van der Waals surface area contributed by atoms with E-state index in [1.807, 2.05) is 17.0 Å². The summed E-state index contributed by atoms with van der Waals surface area (Å²) in [5, 5.41) is 3.11. The van der Waals surface area contributed by atoms with Gasteiger partial charge >= 0.3 is 0 Å². The van der Waals surface area contributed by atoms with Crippen molar-refractivity contribution in [1.82, 2.24) is 20.0 Å². The molecule has 0 saturated carbocycles. The van der Waals surface area contributed by atoms with Crippen molar-refractivity contribution in [2.24, 2.45) is 0 Å². The van der Waals surface area contributed by atoms with Gasteiger partial charge in [-0.1, -0.05) is 12.1 Å². The third kappa shape index (κ3) is 5.00. The maximum atomic E-state index is 13.0. The number of nitrogens with one attached hydrogen (secondary N) is 1. The summed E-state index contributed by atoms with van der Waals surface area (Å²) in [7, 11) is -1.14. The number of nitrogens with zero attached hydrogens (tertiary/aromatic N) is 3. The molecule has 0 aromatic heterocycles. The SMILES string of the molecule is CN1[C@@H](CCC(=O)N2CCCC2)CNC(=O)[C@@H]2[C@H]1CCN2Cc1ccc(S(C)(=O)=O)cc1. The molecule has 3 saturated heterocycles. The Morgan fingerprint density at radius 2 is 1.81 bits per heavy atom. The number of likely N-dealkylation sites (tertiary alicyclic amines) is 2. The summed E-state index contributed by atoms with van der Waals surface area (Å²) in [6, 6.07) is 6.93. The number of hydrogen-bond acceptors (Lipinski definition) is 6. The fourth-order valence-corrected chi connectivity index (χ4v) is 5.95. The van der Waals surface area contributed by atoms with Crippen LogP contribution in [0.4, 0.5) is 0 Å². The van der Waals surface area contributed by atoms with Crippen molar-refractivity contribution in [2.45, 2.75) is 61.7 Å². The van der Waals surface area contributed by atoms with E-state index in [0.717, 1.165) is 50.9 Å². The van der Waals surface area contributed by atoms with E-state index in [2.05, 4.69) is 22.2 Å². The van der Waals surface area contributed by atoms with Crippen molar-refractivity contribution in [1.29, 1.82) is 0 Å². The third-order valence-corrected chi connectivity index (χ3v) is 8.37. The minimum Gasteiger partial charge on any atom is -0.353 e. The molecule has 9 heteroatoms. The van der Waals surface area contributed by atoms with Gasteiger partial charge in [-0.05, 0) is 50.4 Å². The number of hydrogen-bond donors (Lipinski definition) is 1. The Labute approximate surface area is 190 Å². The van der Waals surface area contributed by atoms with Crippen LogP contribution in [0.15, 0.2) is 29.2 Å². The molecule has 3 fully saturated rings. The van der Waals surface area contributed by atoms with Crippen LogP contribution in [0.3, 0.4) is 0 Å². The number of rotatable bonds is 6. The predicted molar refractivity (Wildman–Crippen MR) is 122 cm³/mol.